The fourth-order valence-corrected chi connectivity index (χ4v) is 3.59. The Balaban J connectivity index is 1.62. The number of hydrogen-bond acceptors (Lipinski definition) is 4. The standard InChI is InChI=1S/C21H32N2O3/c1-5-25-18-11-21(22,20(18,3)4)19(24)23-12-16-9-6-14(2)10-17(16)26-13-15-7-8-15/h6,9-10,15,18H,5,7-8,11-13,22H2,1-4H3,(H,23,24). The van der Waals surface area contributed by atoms with Crippen LogP contribution in [0.4, 0.5) is 0 Å². The van der Waals surface area contributed by atoms with Gasteiger partial charge in [-0.25, -0.2) is 0 Å². The molecule has 2 aliphatic carbocycles. The Morgan fingerprint density at radius 3 is 2.69 bits per heavy atom. The van der Waals surface area contributed by atoms with Crippen molar-refractivity contribution in [2.75, 3.05) is 13.2 Å². The van der Waals surface area contributed by atoms with E-state index in [1.807, 2.05) is 45.9 Å². The van der Waals surface area contributed by atoms with Gasteiger partial charge in [0.05, 0.1) is 12.7 Å². The third-order valence-electron chi connectivity index (χ3n) is 6.07. The van der Waals surface area contributed by atoms with Crippen LogP contribution in [0.25, 0.3) is 0 Å². The molecule has 0 radical (unpaired) electrons. The van der Waals surface area contributed by atoms with Gasteiger partial charge in [0.2, 0.25) is 5.91 Å². The number of carbonyl (C=O) groups excluding carboxylic acids is 1. The highest BCUT2D eigenvalue weighted by Gasteiger charge is 2.62. The van der Waals surface area contributed by atoms with E-state index >= 15 is 0 Å². The number of aryl methyl sites for hydroxylation is 1. The summed E-state index contributed by atoms with van der Waals surface area (Å²) in [4.78, 5) is 12.8. The average molecular weight is 360 g/mol. The van der Waals surface area contributed by atoms with Crippen molar-refractivity contribution in [3.8, 4) is 5.75 Å². The first-order valence-corrected chi connectivity index (χ1v) is 9.69. The van der Waals surface area contributed by atoms with Gasteiger partial charge in [-0.15, -0.1) is 0 Å². The van der Waals surface area contributed by atoms with Gasteiger partial charge in [0.25, 0.3) is 0 Å². The third-order valence-corrected chi connectivity index (χ3v) is 6.07. The Kier molecular flexibility index (Phi) is 5.31. The second-order valence-electron chi connectivity index (χ2n) is 8.39. The summed E-state index contributed by atoms with van der Waals surface area (Å²) in [6, 6.07) is 6.11. The summed E-state index contributed by atoms with van der Waals surface area (Å²) < 4.78 is 11.7. The molecule has 0 spiro atoms. The molecule has 0 aromatic heterocycles. The number of ether oxygens (including phenoxy) is 2. The van der Waals surface area contributed by atoms with E-state index in [1.54, 1.807) is 0 Å². The van der Waals surface area contributed by atoms with E-state index in [4.69, 9.17) is 15.2 Å². The average Bonchev–Trinajstić information content (AvgIpc) is 3.42. The van der Waals surface area contributed by atoms with E-state index in [1.165, 1.54) is 12.8 Å². The van der Waals surface area contributed by atoms with Gasteiger partial charge >= 0.3 is 0 Å². The summed E-state index contributed by atoms with van der Waals surface area (Å²) in [6.07, 6.45) is 3.09. The summed E-state index contributed by atoms with van der Waals surface area (Å²) in [7, 11) is 0. The van der Waals surface area contributed by atoms with Gasteiger partial charge in [0, 0.05) is 30.6 Å². The second-order valence-corrected chi connectivity index (χ2v) is 8.39. The summed E-state index contributed by atoms with van der Waals surface area (Å²) in [5.41, 5.74) is 7.32. The molecule has 1 amide bonds. The minimum absolute atomic E-state index is 0.0278. The molecule has 0 bridgehead atoms. The van der Waals surface area contributed by atoms with E-state index in [2.05, 4.69) is 5.32 Å². The maximum atomic E-state index is 12.8. The predicted octanol–water partition coefficient (Wildman–Crippen LogP) is 2.93. The molecule has 2 fully saturated rings. The quantitative estimate of drug-likeness (QED) is 0.747. The van der Waals surface area contributed by atoms with Crippen molar-refractivity contribution >= 4 is 5.91 Å². The fraction of sp³-hybridized carbons (Fsp3) is 0.667. The van der Waals surface area contributed by atoms with E-state index < -0.39 is 5.54 Å². The Labute approximate surface area is 156 Å². The largest absolute Gasteiger partial charge is 0.493 e. The number of carbonyl (C=O) groups is 1. The van der Waals surface area contributed by atoms with Gasteiger partial charge < -0.3 is 20.5 Å². The monoisotopic (exact) mass is 360 g/mol. The van der Waals surface area contributed by atoms with Crippen molar-refractivity contribution in [1.82, 2.24) is 5.32 Å². The Morgan fingerprint density at radius 2 is 2.08 bits per heavy atom. The van der Waals surface area contributed by atoms with Gasteiger partial charge in [0.15, 0.2) is 0 Å². The summed E-state index contributed by atoms with van der Waals surface area (Å²) in [6.45, 7) is 9.84. The maximum Gasteiger partial charge on any atom is 0.241 e. The molecule has 2 aliphatic rings. The molecule has 0 heterocycles. The van der Waals surface area contributed by atoms with Crippen molar-refractivity contribution in [3.05, 3.63) is 29.3 Å². The number of hydrogen-bond donors (Lipinski definition) is 2. The van der Waals surface area contributed by atoms with E-state index in [0.717, 1.165) is 23.5 Å². The van der Waals surface area contributed by atoms with Gasteiger partial charge in [-0.1, -0.05) is 26.0 Å². The highest BCUT2D eigenvalue weighted by atomic mass is 16.5. The SMILES string of the molecule is CCOC1CC(N)(C(=O)NCc2ccc(C)cc2OCC2CC2)C1(C)C. The van der Waals surface area contributed by atoms with Crippen LogP contribution in [0.5, 0.6) is 5.75 Å². The van der Waals surface area contributed by atoms with Crippen LogP contribution in [0.3, 0.4) is 0 Å². The van der Waals surface area contributed by atoms with Crippen molar-refractivity contribution in [2.45, 2.75) is 65.1 Å². The van der Waals surface area contributed by atoms with Crippen LogP contribution in [0.1, 0.15) is 51.2 Å². The first-order chi connectivity index (χ1) is 12.3. The molecule has 2 unspecified atom stereocenters. The van der Waals surface area contributed by atoms with Gasteiger partial charge in [-0.2, -0.15) is 0 Å². The minimum atomic E-state index is -0.896. The molecule has 26 heavy (non-hydrogen) atoms. The Bertz CT molecular complexity index is 669. The smallest absolute Gasteiger partial charge is 0.241 e. The molecular weight excluding hydrogens is 328 g/mol. The summed E-state index contributed by atoms with van der Waals surface area (Å²) in [5.74, 6) is 1.44. The number of benzene rings is 1. The van der Waals surface area contributed by atoms with Crippen LogP contribution in [0, 0.1) is 18.3 Å². The summed E-state index contributed by atoms with van der Waals surface area (Å²) in [5, 5.41) is 3.02. The molecule has 5 heteroatoms. The number of amides is 1. The molecule has 1 aromatic rings. The Morgan fingerprint density at radius 1 is 1.35 bits per heavy atom. The zero-order chi connectivity index (χ0) is 18.9. The first kappa shape index (κ1) is 19.2. The number of rotatable bonds is 8. The van der Waals surface area contributed by atoms with E-state index in [0.29, 0.717) is 25.5 Å². The fourth-order valence-electron chi connectivity index (χ4n) is 3.59. The molecule has 3 N–H and O–H groups in total. The zero-order valence-corrected chi connectivity index (χ0v) is 16.4. The second kappa shape index (κ2) is 7.20. The first-order valence-electron chi connectivity index (χ1n) is 9.69. The third kappa shape index (κ3) is 3.60. The lowest BCUT2D eigenvalue weighted by Crippen LogP contribution is -2.75. The topological polar surface area (TPSA) is 73.6 Å². The number of nitrogens with two attached hydrogens (primary N) is 1. The van der Waals surface area contributed by atoms with Crippen LogP contribution in [0.2, 0.25) is 0 Å². The van der Waals surface area contributed by atoms with Crippen LogP contribution in [0.15, 0.2) is 18.2 Å². The molecule has 2 saturated carbocycles. The van der Waals surface area contributed by atoms with Crippen molar-refractivity contribution in [1.29, 1.82) is 0 Å². The van der Waals surface area contributed by atoms with Crippen molar-refractivity contribution in [2.24, 2.45) is 17.1 Å². The van der Waals surface area contributed by atoms with Crippen molar-refractivity contribution in [3.63, 3.8) is 0 Å². The maximum absolute atomic E-state index is 12.8. The molecule has 0 saturated heterocycles. The molecule has 5 nitrogen and oxygen atoms in total. The number of nitrogens with one attached hydrogen (secondary N) is 1. The minimum Gasteiger partial charge on any atom is -0.493 e. The van der Waals surface area contributed by atoms with Gasteiger partial charge in [-0.05, 0) is 44.2 Å². The molecule has 0 aliphatic heterocycles. The van der Waals surface area contributed by atoms with Crippen LogP contribution < -0.4 is 15.8 Å². The highest BCUT2D eigenvalue weighted by Crippen LogP contribution is 2.49. The van der Waals surface area contributed by atoms with E-state index in [-0.39, 0.29) is 17.4 Å². The molecule has 144 valence electrons. The van der Waals surface area contributed by atoms with Gasteiger partial charge in [-0.3, -0.25) is 4.79 Å². The van der Waals surface area contributed by atoms with Crippen LogP contribution in [-0.4, -0.2) is 30.8 Å². The zero-order valence-electron chi connectivity index (χ0n) is 16.4. The molecular formula is C21H32N2O3. The van der Waals surface area contributed by atoms with E-state index in [9.17, 15) is 4.79 Å². The molecule has 3 rings (SSSR count). The Hall–Kier alpha value is -1.59. The van der Waals surface area contributed by atoms with Crippen LogP contribution >= 0.6 is 0 Å². The normalized spacial score (nSPS) is 26.9. The highest BCUT2D eigenvalue weighted by molar-refractivity contribution is 5.88. The summed E-state index contributed by atoms with van der Waals surface area (Å²) >= 11 is 0. The van der Waals surface area contributed by atoms with Gasteiger partial charge in [0.1, 0.15) is 11.3 Å². The lowest BCUT2D eigenvalue weighted by molar-refractivity contribution is -0.170. The lowest BCUT2D eigenvalue weighted by atomic mass is 9.54. The van der Waals surface area contributed by atoms with Crippen molar-refractivity contribution < 1.29 is 14.3 Å². The molecule has 1 aromatic carbocycles. The molecule has 2 atom stereocenters. The lowest BCUT2D eigenvalue weighted by Gasteiger charge is -2.57. The predicted molar refractivity (Wildman–Crippen MR) is 102 cm³/mol. The van der Waals surface area contributed by atoms with Crippen LogP contribution in [-0.2, 0) is 16.1 Å².